The maximum Gasteiger partial charge on any atom is 0.282 e. The van der Waals surface area contributed by atoms with Crippen molar-refractivity contribution < 1.29 is 9.15 Å². The first kappa shape index (κ1) is 22.3. The monoisotopic (exact) mass is 487 g/mol. The highest BCUT2D eigenvalue weighted by Crippen LogP contribution is 2.33. The van der Waals surface area contributed by atoms with Gasteiger partial charge in [0.05, 0.1) is 35.7 Å². The van der Waals surface area contributed by atoms with Crippen LogP contribution in [-0.4, -0.2) is 27.6 Å². The highest BCUT2D eigenvalue weighted by Gasteiger charge is 2.18. The number of nitrogens with zero attached hydrogens (tertiary/aromatic N) is 5. The van der Waals surface area contributed by atoms with Gasteiger partial charge in [-0.1, -0.05) is 36.4 Å². The zero-order valence-electron chi connectivity index (χ0n) is 20.2. The molecule has 0 aliphatic rings. The van der Waals surface area contributed by atoms with Gasteiger partial charge in [0.1, 0.15) is 17.9 Å². The number of nitriles is 1. The Bertz CT molecular complexity index is 1950. The van der Waals surface area contributed by atoms with Gasteiger partial charge in [0.25, 0.3) is 5.56 Å². The SMILES string of the molecule is COc1cccc2oc(-c3nc4ccccc4c(=O)n3N=Cc3c(C)n(CC#N)c4ccccc34)cc12. The fraction of sp³-hybridized carbons (Fsp3) is 0.103. The molecule has 0 saturated carbocycles. The van der Waals surface area contributed by atoms with Crippen molar-refractivity contribution in [2.45, 2.75) is 13.5 Å². The summed E-state index contributed by atoms with van der Waals surface area (Å²) in [4.78, 5) is 18.4. The molecule has 3 aromatic carbocycles. The Morgan fingerprint density at radius 2 is 1.84 bits per heavy atom. The molecule has 37 heavy (non-hydrogen) atoms. The van der Waals surface area contributed by atoms with E-state index in [0.29, 0.717) is 28.0 Å². The Morgan fingerprint density at radius 1 is 1.05 bits per heavy atom. The minimum Gasteiger partial charge on any atom is -0.496 e. The highest BCUT2D eigenvalue weighted by atomic mass is 16.5. The summed E-state index contributed by atoms with van der Waals surface area (Å²) in [6.07, 6.45) is 1.65. The van der Waals surface area contributed by atoms with Crippen LogP contribution in [0.4, 0.5) is 0 Å². The Hall–Kier alpha value is -5.16. The number of furan rings is 1. The first-order valence-corrected chi connectivity index (χ1v) is 11.7. The lowest BCUT2D eigenvalue weighted by atomic mass is 10.1. The number of methoxy groups -OCH3 is 1. The number of fused-ring (bicyclic) bond motifs is 3. The van der Waals surface area contributed by atoms with E-state index in [9.17, 15) is 10.1 Å². The van der Waals surface area contributed by atoms with E-state index in [4.69, 9.17) is 14.1 Å². The third-order valence-electron chi connectivity index (χ3n) is 6.53. The zero-order chi connectivity index (χ0) is 25.5. The maximum absolute atomic E-state index is 13.6. The lowest BCUT2D eigenvalue weighted by Crippen LogP contribution is -2.20. The standard InChI is InChI=1S/C29H21N5O3/c1-18-22(19-8-4-6-11-24(19)33(18)15-14-30)17-31-34-28(32-23-10-5-3-9-20(23)29(34)35)27-16-21-25(36-2)12-7-13-26(21)37-27/h3-13,16-17H,15H2,1-2H3. The molecule has 0 atom stereocenters. The van der Waals surface area contributed by atoms with Crippen molar-refractivity contribution in [3.05, 3.63) is 94.4 Å². The molecule has 0 saturated heterocycles. The molecule has 180 valence electrons. The summed E-state index contributed by atoms with van der Waals surface area (Å²) in [6.45, 7) is 2.15. The second kappa shape index (κ2) is 8.81. The first-order chi connectivity index (χ1) is 18.1. The van der Waals surface area contributed by atoms with E-state index >= 15 is 0 Å². The Labute approximate surface area is 211 Å². The fourth-order valence-corrected chi connectivity index (χ4v) is 4.72. The molecule has 3 heterocycles. The lowest BCUT2D eigenvalue weighted by molar-refractivity contribution is 0.419. The number of hydrogen-bond donors (Lipinski definition) is 0. The number of hydrogen-bond acceptors (Lipinski definition) is 6. The van der Waals surface area contributed by atoms with E-state index < -0.39 is 0 Å². The van der Waals surface area contributed by atoms with E-state index in [1.165, 1.54) is 4.68 Å². The van der Waals surface area contributed by atoms with Gasteiger partial charge in [-0.25, -0.2) is 4.98 Å². The van der Waals surface area contributed by atoms with Crippen molar-refractivity contribution in [2.24, 2.45) is 5.10 Å². The number of ether oxygens (including phenoxy) is 1. The molecule has 3 aromatic heterocycles. The molecule has 0 unspecified atom stereocenters. The van der Waals surface area contributed by atoms with Crippen LogP contribution in [0.25, 0.3) is 44.4 Å². The molecule has 6 rings (SSSR count). The minimum atomic E-state index is -0.317. The van der Waals surface area contributed by atoms with Crippen molar-refractivity contribution in [1.29, 1.82) is 5.26 Å². The minimum absolute atomic E-state index is 0.212. The van der Waals surface area contributed by atoms with E-state index in [1.807, 2.05) is 60.0 Å². The van der Waals surface area contributed by atoms with Gasteiger partial charge >= 0.3 is 0 Å². The van der Waals surface area contributed by atoms with Gasteiger partial charge in [0.2, 0.25) is 5.82 Å². The molecule has 0 aliphatic carbocycles. The summed E-state index contributed by atoms with van der Waals surface area (Å²) in [5, 5.41) is 16.1. The molecule has 0 N–H and O–H groups in total. The van der Waals surface area contributed by atoms with Gasteiger partial charge in [-0.3, -0.25) is 4.79 Å². The van der Waals surface area contributed by atoms with Crippen LogP contribution >= 0.6 is 0 Å². The number of para-hydroxylation sites is 2. The largest absolute Gasteiger partial charge is 0.496 e. The Balaban J connectivity index is 1.60. The van der Waals surface area contributed by atoms with Crippen LogP contribution in [0, 0.1) is 18.3 Å². The average molecular weight is 488 g/mol. The molecule has 0 aliphatic heterocycles. The molecular formula is C29H21N5O3. The maximum atomic E-state index is 13.6. The Kier molecular flexibility index (Phi) is 5.31. The molecule has 8 nitrogen and oxygen atoms in total. The molecular weight excluding hydrogens is 466 g/mol. The quantitative estimate of drug-likeness (QED) is 0.300. The summed E-state index contributed by atoms with van der Waals surface area (Å²) in [6, 6.07) is 24.5. The van der Waals surface area contributed by atoms with Crippen LogP contribution in [0.1, 0.15) is 11.3 Å². The second-order valence-corrected chi connectivity index (χ2v) is 8.56. The molecule has 0 radical (unpaired) electrons. The van der Waals surface area contributed by atoms with Crippen molar-refractivity contribution in [3.8, 4) is 23.4 Å². The Morgan fingerprint density at radius 3 is 2.65 bits per heavy atom. The molecule has 0 bridgehead atoms. The van der Waals surface area contributed by atoms with Gasteiger partial charge in [0.15, 0.2) is 5.76 Å². The van der Waals surface area contributed by atoms with E-state index in [2.05, 4.69) is 11.2 Å². The zero-order valence-corrected chi connectivity index (χ0v) is 20.2. The topological polar surface area (TPSA) is 98.3 Å². The third kappa shape index (κ3) is 3.56. The smallest absolute Gasteiger partial charge is 0.282 e. The number of rotatable bonds is 5. The summed E-state index contributed by atoms with van der Waals surface area (Å²) < 4.78 is 14.8. The van der Waals surface area contributed by atoms with Gasteiger partial charge in [-0.05, 0) is 43.3 Å². The van der Waals surface area contributed by atoms with Crippen LogP contribution in [0.2, 0.25) is 0 Å². The summed E-state index contributed by atoms with van der Waals surface area (Å²) >= 11 is 0. The normalized spacial score (nSPS) is 11.6. The van der Waals surface area contributed by atoms with Crippen LogP contribution in [-0.2, 0) is 6.54 Å². The second-order valence-electron chi connectivity index (χ2n) is 8.56. The van der Waals surface area contributed by atoms with Gasteiger partial charge in [-0.2, -0.15) is 15.0 Å². The average Bonchev–Trinajstić information content (AvgIpc) is 3.48. The highest BCUT2D eigenvalue weighted by molar-refractivity contribution is 6.01. The van der Waals surface area contributed by atoms with Crippen molar-refractivity contribution in [1.82, 2.24) is 14.2 Å². The molecule has 0 fully saturated rings. The van der Waals surface area contributed by atoms with E-state index in [-0.39, 0.29) is 17.9 Å². The van der Waals surface area contributed by atoms with Crippen LogP contribution in [0.3, 0.4) is 0 Å². The summed E-state index contributed by atoms with van der Waals surface area (Å²) in [5.74, 6) is 1.33. The van der Waals surface area contributed by atoms with Crippen molar-refractivity contribution >= 4 is 39.0 Å². The third-order valence-corrected chi connectivity index (χ3v) is 6.53. The predicted molar refractivity (Wildman–Crippen MR) is 143 cm³/mol. The molecule has 0 spiro atoms. The summed E-state index contributed by atoms with van der Waals surface area (Å²) in [5.41, 5.74) is 3.47. The molecule has 0 amide bonds. The van der Waals surface area contributed by atoms with Crippen LogP contribution < -0.4 is 10.3 Å². The van der Waals surface area contributed by atoms with Gasteiger partial charge < -0.3 is 13.7 Å². The van der Waals surface area contributed by atoms with Gasteiger partial charge in [0, 0.05) is 22.2 Å². The first-order valence-electron chi connectivity index (χ1n) is 11.7. The fourth-order valence-electron chi connectivity index (χ4n) is 4.72. The summed E-state index contributed by atoms with van der Waals surface area (Å²) in [7, 11) is 1.60. The number of aromatic nitrogens is 3. The predicted octanol–water partition coefficient (Wildman–Crippen LogP) is 5.49. The number of benzene rings is 3. The lowest BCUT2D eigenvalue weighted by Gasteiger charge is -2.07. The molecule has 6 aromatic rings. The van der Waals surface area contributed by atoms with Crippen molar-refractivity contribution in [2.75, 3.05) is 7.11 Å². The van der Waals surface area contributed by atoms with E-state index in [0.717, 1.165) is 27.5 Å². The van der Waals surface area contributed by atoms with E-state index in [1.54, 1.807) is 37.6 Å². The van der Waals surface area contributed by atoms with Gasteiger partial charge in [-0.15, -0.1) is 0 Å². The van der Waals surface area contributed by atoms with Crippen LogP contribution in [0.5, 0.6) is 5.75 Å². The molecule has 8 heteroatoms. The van der Waals surface area contributed by atoms with Crippen molar-refractivity contribution in [3.63, 3.8) is 0 Å². The van der Waals surface area contributed by atoms with Crippen LogP contribution in [0.15, 0.2) is 87.1 Å².